The van der Waals surface area contributed by atoms with Crippen molar-refractivity contribution >= 4 is 0 Å². The van der Waals surface area contributed by atoms with Gasteiger partial charge in [0.2, 0.25) is 11.8 Å². The molecule has 3 rings (SSSR count). The summed E-state index contributed by atoms with van der Waals surface area (Å²) in [6.07, 6.45) is 0. The fourth-order valence-electron chi connectivity index (χ4n) is 2.95. The molecule has 0 saturated heterocycles. The van der Waals surface area contributed by atoms with Gasteiger partial charge in [-0.15, -0.1) is 5.10 Å². The van der Waals surface area contributed by atoms with Gasteiger partial charge in [-0.3, -0.25) is 5.10 Å². The number of H-pyrrole nitrogens is 1. The summed E-state index contributed by atoms with van der Waals surface area (Å²) in [6.45, 7) is 6.25. The quantitative estimate of drug-likeness (QED) is 0.885. The molecular weight excluding hydrogens is 304 g/mol. The van der Waals surface area contributed by atoms with Crippen LogP contribution >= 0.6 is 0 Å². The topological polar surface area (TPSA) is 96.9 Å². The molecule has 6 nitrogen and oxygen atoms in total. The fourth-order valence-corrected chi connectivity index (χ4v) is 2.95. The van der Waals surface area contributed by atoms with Crippen molar-refractivity contribution in [2.45, 2.75) is 32.1 Å². The summed E-state index contributed by atoms with van der Waals surface area (Å²) in [5.41, 5.74) is 8.90. The van der Waals surface area contributed by atoms with Gasteiger partial charge >= 0.3 is 0 Å². The van der Waals surface area contributed by atoms with Gasteiger partial charge in [-0.1, -0.05) is 32.9 Å². The van der Waals surface area contributed by atoms with E-state index in [0.717, 1.165) is 22.6 Å². The molecule has 0 bridgehead atoms. The standard InChI is InChI=1S/C18H20N4O2/c1-18(2,3)15-14-13(10-5-7-11(23-4)8-6-10)12(9-19)16(20)24-17(14)22-21-15/h5-8,13H,20H2,1-4H3,(H,21,22)/t13-/m1/s1. The molecule has 0 aliphatic carbocycles. The van der Waals surface area contributed by atoms with Crippen LogP contribution in [-0.4, -0.2) is 17.3 Å². The first kappa shape index (κ1) is 15.9. The van der Waals surface area contributed by atoms with E-state index in [0.29, 0.717) is 11.5 Å². The van der Waals surface area contributed by atoms with Crippen LogP contribution in [0.15, 0.2) is 35.7 Å². The number of aromatic nitrogens is 2. The van der Waals surface area contributed by atoms with Gasteiger partial charge in [0.25, 0.3) is 0 Å². The first-order chi connectivity index (χ1) is 11.4. The number of nitriles is 1. The Morgan fingerprint density at radius 3 is 2.50 bits per heavy atom. The lowest BCUT2D eigenvalue weighted by Crippen LogP contribution is -2.23. The minimum Gasteiger partial charge on any atom is -0.497 e. The van der Waals surface area contributed by atoms with Gasteiger partial charge in [-0.2, -0.15) is 5.26 Å². The van der Waals surface area contributed by atoms with Gasteiger partial charge in [0.1, 0.15) is 17.4 Å². The van der Waals surface area contributed by atoms with Crippen molar-refractivity contribution in [3.63, 3.8) is 0 Å². The smallest absolute Gasteiger partial charge is 0.244 e. The number of rotatable bonds is 2. The van der Waals surface area contributed by atoms with Gasteiger partial charge < -0.3 is 15.2 Å². The molecule has 24 heavy (non-hydrogen) atoms. The third-order valence-corrected chi connectivity index (χ3v) is 4.14. The van der Waals surface area contributed by atoms with Crippen LogP contribution in [0.3, 0.4) is 0 Å². The number of benzene rings is 1. The average Bonchev–Trinajstić information content (AvgIpc) is 2.97. The van der Waals surface area contributed by atoms with E-state index in [1.165, 1.54) is 0 Å². The van der Waals surface area contributed by atoms with Crippen molar-refractivity contribution in [1.29, 1.82) is 5.26 Å². The Labute approximate surface area is 140 Å². The Balaban J connectivity index is 2.22. The molecule has 1 aliphatic rings. The molecule has 1 aliphatic heterocycles. The minimum absolute atomic E-state index is 0.0952. The molecular formula is C18H20N4O2. The summed E-state index contributed by atoms with van der Waals surface area (Å²) >= 11 is 0. The third kappa shape index (κ3) is 2.48. The van der Waals surface area contributed by atoms with E-state index in [1.807, 2.05) is 24.3 Å². The molecule has 0 unspecified atom stereocenters. The second kappa shape index (κ2) is 5.60. The normalized spacial score (nSPS) is 17.0. The number of ether oxygens (including phenoxy) is 2. The van der Waals surface area contributed by atoms with Gasteiger partial charge in [0.15, 0.2) is 0 Å². The van der Waals surface area contributed by atoms with Gasteiger partial charge in [0.05, 0.1) is 18.6 Å². The van der Waals surface area contributed by atoms with Crippen LogP contribution in [0.1, 0.15) is 43.5 Å². The Kier molecular flexibility index (Phi) is 3.72. The highest BCUT2D eigenvalue weighted by molar-refractivity contribution is 5.56. The van der Waals surface area contributed by atoms with Crippen molar-refractivity contribution in [3.05, 3.63) is 52.5 Å². The molecule has 0 amide bonds. The maximum Gasteiger partial charge on any atom is 0.244 e. The number of nitrogens with two attached hydrogens (primary N) is 1. The van der Waals surface area contributed by atoms with Crippen LogP contribution in [-0.2, 0) is 5.41 Å². The molecule has 6 heteroatoms. The summed E-state index contributed by atoms with van der Waals surface area (Å²) < 4.78 is 10.8. The van der Waals surface area contributed by atoms with E-state index < -0.39 is 0 Å². The van der Waals surface area contributed by atoms with Gasteiger partial charge in [-0.05, 0) is 17.7 Å². The number of allylic oxidation sites excluding steroid dienone is 1. The summed E-state index contributed by atoms with van der Waals surface area (Å²) in [6, 6.07) is 9.80. The van der Waals surface area contributed by atoms with E-state index in [1.54, 1.807) is 7.11 Å². The van der Waals surface area contributed by atoms with E-state index in [4.69, 9.17) is 15.2 Å². The van der Waals surface area contributed by atoms with E-state index >= 15 is 0 Å². The van der Waals surface area contributed by atoms with E-state index in [9.17, 15) is 5.26 Å². The second-order valence-corrected chi connectivity index (χ2v) is 6.77. The highest BCUT2D eigenvalue weighted by Gasteiger charge is 2.37. The summed E-state index contributed by atoms with van der Waals surface area (Å²) in [7, 11) is 1.62. The monoisotopic (exact) mass is 324 g/mol. The maximum absolute atomic E-state index is 9.63. The summed E-state index contributed by atoms with van der Waals surface area (Å²) in [5, 5.41) is 16.9. The molecule has 3 N–H and O–H groups in total. The minimum atomic E-state index is -0.322. The first-order valence-corrected chi connectivity index (χ1v) is 7.67. The predicted molar refractivity (Wildman–Crippen MR) is 89.6 cm³/mol. The van der Waals surface area contributed by atoms with E-state index in [-0.39, 0.29) is 17.2 Å². The lowest BCUT2D eigenvalue weighted by Gasteiger charge is -2.27. The van der Waals surface area contributed by atoms with Crippen LogP contribution in [0.25, 0.3) is 0 Å². The number of fused-ring (bicyclic) bond motifs is 1. The lowest BCUT2D eigenvalue weighted by molar-refractivity contribution is 0.378. The number of hydrogen-bond donors (Lipinski definition) is 2. The Hall–Kier alpha value is -2.94. The van der Waals surface area contributed by atoms with Crippen LogP contribution < -0.4 is 15.2 Å². The molecule has 0 saturated carbocycles. The Bertz CT molecular complexity index is 835. The van der Waals surface area contributed by atoms with Crippen LogP contribution in [0.5, 0.6) is 11.6 Å². The molecule has 0 fully saturated rings. The molecule has 1 atom stereocenters. The van der Waals surface area contributed by atoms with Crippen LogP contribution in [0.4, 0.5) is 0 Å². The number of nitrogens with one attached hydrogen (secondary N) is 1. The SMILES string of the molecule is COc1ccc([C@@H]2C(C#N)=C(N)Oc3n[nH]c(C(C)(C)C)c32)cc1. The fraction of sp³-hybridized carbons (Fsp3) is 0.333. The number of nitrogens with zero attached hydrogens (tertiary/aromatic N) is 2. The molecule has 1 aromatic carbocycles. The van der Waals surface area contributed by atoms with Gasteiger partial charge in [0, 0.05) is 11.1 Å². The largest absolute Gasteiger partial charge is 0.497 e. The zero-order chi connectivity index (χ0) is 17.5. The van der Waals surface area contributed by atoms with Crippen molar-refractivity contribution < 1.29 is 9.47 Å². The highest BCUT2D eigenvalue weighted by atomic mass is 16.5. The molecule has 0 spiro atoms. The molecule has 2 heterocycles. The Morgan fingerprint density at radius 1 is 1.29 bits per heavy atom. The average molecular weight is 324 g/mol. The summed E-state index contributed by atoms with van der Waals surface area (Å²) in [4.78, 5) is 0. The number of aromatic amines is 1. The Morgan fingerprint density at radius 2 is 1.96 bits per heavy atom. The van der Waals surface area contributed by atoms with Crippen molar-refractivity contribution in [1.82, 2.24) is 10.2 Å². The van der Waals surface area contributed by atoms with Crippen molar-refractivity contribution in [2.24, 2.45) is 5.73 Å². The number of hydrogen-bond acceptors (Lipinski definition) is 5. The molecule has 2 aromatic rings. The zero-order valence-electron chi connectivity index (χ0n) is 14.2. The third-order valence-electron chi connectivity index (χ3n) is 4.14. The van der Waals surface area contributed by atoms with Gasteiger partial charge in [-0.25, -0.2) is 0 Å². The predicted octanol–water partition coefficient (Wildman–Crippen LogP) is 2.93. The zero-order valence-corrected chi connectivity index (χ0v) is 14.2. The van der Waals surface area contributed by atoms with Crippen molar-refractivity contribution in [3.8, 4) is 17.7 Å². The number of methoxy groups -OCH3 is 1. The van der Waals surface area contributed by atoms with Crippen molar-refractivity contribution in [2.75, 3.05) is 7.11 Å². The van der Waals surface area contributed by atoms with E-state index in [2.05, 4.69) is 37.0 Å². The van der Waals surface area contributed by atoms with Crippen LogP contribution in [0.2, 0.25) is 0 Å². The molecule has 1 aromatic heterocycles. The molecule has 0 radical (unpaired) electrons. The second-order valence-electron chi connectivity index (χ2n) is 6.77. The highest BCUT2D eigenvalue weighted by Crippen LogP contribution is 2.45. The molecule has 124 valence electrons. The first-order valence-electron chi connectivity index (χ1n) is 7.67. The summed E-state index contributed by atoms with van der Waals surface area (Å²) in [5.74, 6) is 0.956. The van der Waals surface area contributed by atoms with Crippen LogP contribution in [0, 0.1) is 11.3 Å². The lowest BCUT2D eigenvalue weighted by atomic mass is 9.79. The maximum atomic E-state index is 9.63.